The minimum Gasteiger partial charge on any atom is -0.490 e. The number of aromatic nitrogens is 1. The minimum atomic E-state index is -3.88. The average molecular weight is 447 g/mol. The zero-order chi connectivity index (χ0) is 22.0. The molecular formula is C25H22N2O4S. The van der Waals surface area contributed by atoms with Crippen LogP contribution in [-0.4, -0.2) is 26.6 Å². The minimum absolute atomic E-state index is 0.114. The molecule has 0 bridgehead atoms. The van der Waals surface area contributed by atoms with Crippen molar-refractivity contribution in [3.63, 3.8) is 0 Å². The zero-order valence-electron chi connectivity index (χ0n) is 17.3. The Bertz CT molecular complexity index is 1360. The highest BCUT2D eigenvalue weighted by molar-refractivity contribution is 7.89. The van der Waals surface area contributed by atoms with Gasteiger partial charge in [0.2, 0.25) is 10.0 Å². The molecule has 7 heteroatoms. The van der Waals surface area contributed by atoms with Crippen LogP contribution in [0.5, 0.6) is 11.5 Å². The molecule has 0 spiro atoms. The number of nitrogens with zero attached hydrogens (tertiary/aromatic N) is 1. The van der Waals surface area contributed by atoms with Crippen molar-refractivity contribution in [3.05, 3.63) is 96.2 Å². The van der Waals surface area contributed by atoms with E-state index in [4.69, 9.17) is 14.5 Å². The van der Waals surface area contributed by atoms with E-state index >= 15 is 0 Å². The third-order valence-electron chi connectivity index (χ3n) is 5.35. The second-order valence-corrected chi connectivity index (χ2v) is 9.27. The molecule has 4 aromatic rings. The van der Waals surface area contributed by atoms with Crippen molar-refractivity contribution in [1.29, 1.82) is 0 Å². The Morgan fingerprint density at radius 2 is 1.56 bits per heavy atom. The van der Waals surface area contributed by atoms with Crippen molar-refractivity contribution < 1.29 is 17.9 Å². The number of nitrogens with one attached hydrogen (secondary N) is 1. The lowest BCUT2D eigenvalue weighted by Crippen LogP contribution is -2.30. The van der Waals surface area contributed by atoms with Crippen molar-refractivity contribution in [3.8, 4) is 11.5 Å². The highest BCUT2D eigenvalue weighted by Crippen LogP contribution is 2.33. The first-order valence-corrected chi connectivity index (χ1v) is 11.9. The quantitative estimate of drug-likeness (QED) is 0.490. The standard InChI is InChI=1S/C25H22N2O4S/c28-32(29,20-12-14-23-24(17-20)31-16-6-15-30-23)27-25(19-8-2-1-3-9-19)22-13-11-18-7-4-5-10-21(18)26-22/h1-5,7-14,17,25,27H,6,15-16H2/t25-/m1/s1. The lowest BCUT2D eigenvalue weighted by atomic mass is 10.0. The monoisotopic (exact) mass is 446 g/mol. The van der Waals surface area contributed by atoms with Crippen molar-refractivity contribution in [2.75, 3.05) is 13.2 Å². The van der Waals surface area contributed by atoms with Gasteiger partial charge in [-0.15, -0.1) is 0 Å². The fraction of sp³-hybridized carbons (Fsp3) is 0.160. The number of hydrogen-bond donors (Lipinski definition) is 1. The first-order chi connectivity index (χ1) is 15.6. The molecule has 1 aromatic heterocycles. The summed E-state index contributed by atoms with van der Waals surface area (Å²) >= 11 is 0. The molecule has 1 aliphatic heterocycles. The fourth-order valence-corrected chi connectivity index (χ4v) is 4.93. The maximum Gasteiger partial charge on any atom is 0.241 e. The topological polar surface area (TPSA) is 77.5 Å². The van der Waals surface area contributed by atoms with Crippen LogP contribution in [0.1, 0.15) is 23.7 Å². The van der Waals surface area contributed by atoms with Gasteiger partial charge in [0.1, 0.15) is 0 Å². The molecule has 0 unspecified atom stereocenters. The number of benzene rings is 3. The summed E-state index contributed by atoms with van der Waals surface area (Å²) in [5.41, 5.74) is 2.22. The summed E-state index contributed by atoms with van der Waals surface area (Å²) < 4.78 is 40.9. The van der Waals surface area contributed by atoms with Crippen LogP contribution in [0, 0.1) is 0 Å². The van der Waals surface area contributed by atoms with E-state index in [9.17, 15) is 8.42 Å². The molecule has 0 saturated carbocycles. The molecular weight excluding hydrogens is 424 g/mol. The summed E-state index contributed by atoms with van der Waals surface area (Å²) in [4.78, 5) is 4.86. The molecule has 32 heavy (non-hydrogen) atoms. The SMILES string of the molecule is O=S(=O)(N[C@H](c1ccccc1)c1ccc2ccccc2n1)c1ccc2c(c1)OCCCO2. The lowest BCUT2D eigenvalue weighted by Gasteiger charge is -2.20. The largest absolute Gasteiger partial charge is 0.490 e. The van der Waals surface area contributed by atoms with Gasteiger partial charge in [0.25, 0.3) is 0 Å². The van der Waals surface area contributed by atoms with Crippen molar-refractivity contribution in [2.45, 2.75) is 17.4 Å². The van der Waals surface area contributed by atoms with Gasteiger partial charge in [-0.05, 0) is 29.8 Å². The Hall–Kier alpha value is -3.42. The maximum absolute atomic E-state index is 13.4. The van der Waals surface area contributed by atoms with Crippen LogP contribution in [0.15, 0.2) is 89.8 Å². The van der Waals surface area contributed by atoms with E-state index in [-0.39, 0.29) is 4.90 Å². The third kappa shape index (κ3) is 4.17. The van der Waals surface area contributed by atoms with Gasteiger partial charge in [-0.1, -0.05) is 54.6 Å². The summed E-state index contributed by atoms with van der Waals surface area (Å²) in [7, 11) is -3.88. The molecule has 1 aliphatic rings. The lowest BCUT2D eigenvalue weighted by molar-refractivity contribution is 0.297. The van der Waals surface area contributed by atoms with Gasteiger partial charge in [0, 0.05) is 17.9 Å². The highest BCUT2D eigenvalue weighted by atomic mass is 32.2. The van der Waals surface area contributed by atoms with Crippen LogP contribution >= 0.6 is 0 Å². The number of para-hydroxylation sites is 1. The number of pyridine rings is 1. The molecule has 1 atom stereocenters. The smallest absolute Gasteiger partial charge is 0.241 e. The van der Waals surface area contributed by atoms with Crippen LogP contribution in [0.4, 0.5) is 0 Å². The van der Waals surface area contributed by atoms with E-state index in [2.05, 4.69) is 4.72 Å². The van der Waals surface area contributed by atoms with E-state index in [1.807, 2.05) is 66.7 Å². The highest BCUT2D eigenvalue weighted by Gasteiger charge is 2.25. The molecule has 0 saturated heterocycles. The van der Waals surface area contributed by atoms with E-state index in [1.165, 1.54) is 12.1 Å². The van der Waals surface area contributed by atoms with Crippen LogP contribution in [0.2, 0.25) is 0 Å². The Labute approximate surface area is 186 Å². The van der Waals surface area contributed by atoms with Crippen molar-refractivity contribution in [2.24, 2.45) is 0 Å². The summed E-state index contributed by atoms with van der Waals surface area (Å²) in [6.07, 6.45) is 0.749. The van der Waals surface area contributed by atoms with Gasteiger partial charge >= 0.3 is 0 Å². The Morgan fingerprint density at radius 1 is 0.812 bits per heavy atom. The zero-order valence-corrected chi connectivity index (χ0v) is 18.1. The van der Waals surface area contributed by atoms with Crippen LogP contribution < -0.4 is 14.2 Å². The number of hydrogen-bond acceptors (Lipinski definition) is 5. The number of sulfonamides is 1. The third-order valence-corrected chi connectivity index (χ3v) is 6.77. The van der Waals surface area contributed by atoms with E-state index in [0.717, 1.165) is 22.9 Å². The van der Waals surface area contributed by atoms with E-state index in [0.29, 0.717) is 30.4 Å². The van der Waals surface area contributed by atoms with Gasteiger partial charge in [0.15, 0.2) is 11.5 Å². The Morgan fingerprint density at radius 3 is 2.41 bits per heavy atom. The molecule has 0 aliphatic carbocycles. The fourth-order valence-electron chi connectivity index (χ4n) is 3.72. The van der Waals surface area contributed by atoms with Gasteiger partial charge < -0.3 is 9.47 Å². The molecule has 0 fully saturated rings. The molecule has 1 N–H and O–H groups in total. The van der Waals surface area contributed by atoms with Crippen LogP contribution in [0.3, 0.4) is 0 Å². The Kier molecular flexibility index (Phi) is 5.51. The van der Waals surface area contributed by atoms with Gasteiger partial charge in [-0.3, -0.25) is 4.98 Å². The van der Waals surface area contributed by atoms with Crippen LogP contribution in [-0.2, 0) is 10.0 Å². The van der Waals surface area contributed by atoms with E-state index < -0.39 is 16.1 Å². The van der Waals surface area contributed by atoms with Crippen molar-refractivity contribution >= 4 is 20.9 Å². The molecule has 0 radical (unpaired) electrons. The number of ether oxygens (including phenoxy) is 2. The molecule has 6 nitrogen and oxygen atoms in total. The average Bonchev–Trinajstić information content (AvgIpc) is 3.08. The number of fused-ring (bicyclic) bond motifs is 2. The number of rotatable bonds is 5. The first kappa shape index (κ1) is 20.5. The maximum atomic E-state index is 13.4. The van der Waals surface area contributed by atoms with Crippen LogP contribution in [0.25, 0.3) is 10.9 Å². The van der Waals surface area contributed by atoms with Gasteiger partial charge in [0.05, 0.1) is 35.4 Å². The Balaban J connectivity index is 1.54. The second-order valence-electron chi connectivity index (χ2n) is 7.55. The molecule has 2 heterocycles. The van der Waals surface area contributed by atoms with Gasteiger partial charge in [-0.25, -0.2) is 8.42 Å². The van der Waals surface area contributed by atoms with E-state index in [1.54, 1.807) is 6.07 Å². The molecule has 162 valence electrons. The normalized spacial score (nSPS) is 14.6. The first-order valence-electron chi connectivity index (χ1n) is 10.4. The summed E-state index contributed by atoms with van der Waals surface area (Å²) in [5, 5.41) is 0.994. The predicted molar refractivity (Wildman–Crippen MR) is 122 cm³/mol. The summed E-state index contributed by atoms with van der Waals surface area (Å²) in [6.45, 7) is 1.03. The van der Waals surface area contributed by atoms with Crippen molar-refractivity contribution in [1.82, 2.24) is 9.71 Å². The summed E-state index contributed by atoms with van der Waals surface area (Å²) in [6, 6.07) is 25.0. The van der Waals surface area contributed by atoms with Gasteiger partial charge in [-0.2, -0.15) is 4.72 Å². The molecule has 3 aromatic carbocycles. The summed E-state index contributed by atoms with van der Waals surface area (Å²) in [5.74, 6) is 0.989. The molecule has 5 rings (SSSR count). The molecule has 0 amide bonds. The second kappa shape index (κ2) is 8.61. The predicted octanol–water partition coefficient (Wildman–Crippen LogP) is 4.46.